The summed E-state index contributed by atoms with van der Waals surface area (Å²) in [5.74, 6) is -0.113. The summed E-state index contributed by atoms with van der Waals surface area (Å²) in [6, 6.07) is 1.67. The van der Waals surface area contributed by atoms with Gasteiger partial charge in [0.05, 0.1) is 6.61 Å². The Hall–Kier alpha value is -2.22. The van der Waals surface area contributed by atoms with Crippen molar-refractivity contribution in [3.63, 3.8) is 0 Å². The quantitative estimate of drug-likeness (QED) is 0.879. The number of hydrogen-bond acceptors (Lipinski definition) is 6. The van der Waals surface area contributed by atoms with Crippen molar-refractivity contribution in [1.29, 1.82) is 0 Å². The van der Waals surface area contributed by atoms with Gasteiger partial charge in [0.15, 0.2) is 5.69 Å². The first-order valence-corrected chi connectivity index (χ1v) is 6.34. The largest absolute Gasteiger partial charge is 0.463 e. The van der Waals surface area contributed by atoms with E-state index in [0.29, 0.717) is 6.61 Å². The highest BCUT2D eigenvalue weighted by atomic mass is 35.5. The van der Waals surface area contributed by atoms with E-state index in [9.17, 15) is 4.79 Å². The first-order valence-electron chi connectivity index (χ1n) is 5.96. The minimum absolute atomic E-state index is 0.00176. The SMILES string of the molecule is CCCOc1nc(Cl)nc(-n2ccc(C(=O)NC)n2)n1. The lowest BCUT2D eigenvalue weighted by Crippen LogP contribution is -2.18. The van der Waals surface area contributed by atoms with Gasteiger partial charge < -0.3 is 10.1 Å². The van der Waals surface area contributed by atoms with Crippen molar-refractivity contribution in [1.82, 2.24) is 30.0 Å². The minimum atomic E-state index is -0.300. The average molecular weight is 297 g/mol. The molecule has 2 aromatic heterocycles. The zero-order valence-corrected chi connectivity index (χ0v) is 11.8. The first-order chi connectivity index (χ1) is 9.63. The standard InChI is InChI=1S/C11H13ClN6O2/c1-3-6-20-11-15-9(12)14-10(16-11)18-5-4-7(17-18)8(19)13-2/h4-5H,3,6H2,1-2H3,(H,13,19). The number of hydrogen-bond donors (Lipinski definition) is 1. The molecular formula is C11H13ClN6O2. The molecule has 20 heavy (non-hydrogen) atoms. The van der Waals surface area contributed by atoms with Gasteiger partial charge in [0, 0.05) is 13.2 Å². The summed E-state index contributed by atoms with van der Waals surface area (Å²) in [7, 11) is 1.53. The summed E-state index contributed by atoms with van der Waals surface area (Å²) < 4.78 is 6.64. The Morgan fingerprint density at radius 3 is 2.95 bits per heavy atom. The Balaban J connectivity index is 2.29. The Bertz CT molecular complexity index is 615. The molecule has 1 N–H and O–H groups in total. The van der Waals surface area contributed by atoms with Crippen molar-refractivity contribution in [3.05, 3.63) is 23.2 Å². The Morgan fingerprint density at radius 2 is 2.25 bits per heavy atom. The van der Waals surface area contributed by atoms with E-state index in [0.717, 1.165) is 6.42 Å². The van der Waals surface area contributed by atoms with E-state index in [4.69, 9.17) is 16.3 Å². The molecule has 9 heteroatoms. The molecule has 2 rings (SSSR count). The molecule has 0 radical (unpaired) electrons. The topological polar surface area (TPSA) is 94.8 Å². The lowest BCUT2D eigenvalue weighted by molar-refractivity contribution is 0.0957. The normalized spacial score (nSPS) is 10.3. The molecule has 0 aliphatic carbocycles. The van der Waals surface area contributed by atoms with Gasteiger partial charge >= 0.3 is 6.01 Å². The lowest BCUT2D eigenvalue weighted by atomic mass is 10.4. The molecule has 0 fully saturated rings. The van der Waals surface area contributed by atoms with Gasteiger partial charge in [0.25, 0.3) is 11.9 Å². The number of amides is 1. The van der Waals surface area contributed by atoms with Crippen LogP contribution >= 0.6 is 11.6 Å². The van der Waals surface area contributed by atoms with Gasteiger partial charge in [-0.3, -0.25) is 4.79 Å². The van der Waals surface area contributed by atoms with E-state index in [-0.39, 0.29) is 28.8 Å². The lowest BCUT2D eigenvalue weighted by Gasteiger charge is -2.04. The van der Waals surface area contributed by atoms with E-state index in [1.165, 1.54) is 11.7 Å². The Kier molecular flexibility index (Phi) is 4.46. The summed E-state index contributed by atoms with van der Waals surface area (Å²) in [5, 5.41) is 6.53. The van der Waals surface area contributed by atoms with Crippen molar-refractivity contribution in [3.8, 4) is 12.0 Å². The van der Waals surface area contributed by atoms with E-state index in [2.05, 4.69) is 25.4 Å². The van der Waals surface area contributed by atoms with Gasteiger partial charge in [-0.05, 0) is 24.1 Å². The van der Waals surface area contributed by atoms with Gasteiger partial charge in [-0.1, -0.05) is 6.92 Å². The molecule has 0 atom stereocenters. The number of carbonyl (C=O) groups is 1. The number of carbonyl (C=O) groups excluding carboxylic acids is 1. The van der Waals surface area contributed by atoms with E-state index in [1.807, 2.05) is 6.92 Å². The predicted molar refractivity (Wildman–Crippen MR) is 71.1 cm³/mol. The second kappa shape index (κ2) is 6.29. The fourth-order valence-electron chi connectivity index (χ4n) is 1.37. The van der Waals surface area contributed by atoms with Crippen LogP contribution in [0, 0.1) is 0 Å². The highest BCUT2D eigenvalue weighted by Gasteiger charge is 2.12. The van der Waals surface area contributed by atoms with Crippen molar-refractivity contribution >= 4 is 17.5 Å². The maximum absolute atomic E-state index is 11.4. The summed E-state index contributed by atoms with van der Waals surface area (Å²) in [4.78, 5) is 23.3. The van der Waals surface area contributed by atoms with Crippen LogP contribution in [0.4, 0.5) is 0 Å². The molecule has 0 aliphatic heterocycles. The summed E-state index contributed by atoms with van der Waals surface area (Å²) in [6.45, 7) is 2.44. The molecule has 0 saturated heterocycles. The van der Waals surface area contributed by atoms with Crippen LogP contribution in [0.25, 0.3) is 5.95 Å². The smallest absolute Gasteiger partial charge is 0.322 e. The highest BCUT2D eigenvalue weighted by Crippen LogP contribution is 2.11. The van der Waals surface area contributed by atoms with Crippen LogP contribution < -0.4 is 10.1 Å². The maximum Gasteiger partial charge on any atom is 0.322 e. The maximum atomic E-state index is 11.4. The minimum Gasteiger partial charge on any atom is -0.463 e. The van der Waals surface area contributed by atoms with Crippen LogP contribution in [0.3, 0.4) is 0 Å². The van der Waals surface area contributed by atoms with Gasteiger partial charge in [-0.15, -0.1) is 0 Å². The number of nitrogens with zero attached hydrogens (tertiary/aromatic N) is 5. The summed E-state index contributed by atoms with van der Waals surface area (Å²) in [5.41, 5.74) is 0.250. The Labute approximate surface area is 120 Å². The molecule has 2 heterocycles. The number of nitrogens with one attached hydrogen (secondary N) is 1. The zero-order valence-electron chi connectivity index (χ0n) is 11.0. The van der Waals surface area contributed by atoms with Crippen molar-refractivity contribution < 1.29 is 9.53 Å². The monoisotopic (exact) mass is 296 g/mol. The van der Waals surface area contributed by atoms with Crippen LogP contribution in [-0.4, -0.2) is 44.3 Å². The molecule has 0 aromatic carbocycles. The second-order valence-corrected chi connectivity index (χ2v) is 4.10. The number of aromatic nitrogens is 5. The van der Waals surface area contributed by atoms with Crippen LogP contribution in [0.5, 0.6) is 6.01 Å². The fraction of sp³-hybridized carbons (Fsp3) is 0.364. The molecule has 0 aliphatic rings. The predicted octanol–water partition coefficient (Wildman–Crippen LogP) is 0.859. The van der Waals surface area contributed by atoms with Crippen LogP contribution in [-0.2, 0) is 0 Å². The van der Waals surface area contributed by atoms with E-state index in [1.54, 1.807) is 12.3 Å². The van der Waals surface area contributed by atoms with Gasteiger partial charge in [0.1, 0.15) is 0 Å². The Morgan fingerprint density at radius 1 is 1.45 bits per heavy atom. The fourth-order valence-corrected chi connectivity index (χ4v) is 1.51. The van der Waals surface area contributed by atoms with Gasteiger partial charge in [0.2, 0.25) is 5.28 Å². The van der Waals surface area contributed by atoms with E-state index >= 15 is 0 Å². The second-order valence-electron chi connectivity index (χ2n) is 3.76. The number of ether oxygens (including phenoxy) is 1. The number of rotatable bonds is 5. The first kappa shape index (κ1) is 14.2. The third-order valence-corrected chi connectivity index (χ3v) is 2.43. The van der Waals surface area contributed by atoms with Crippen LogP contribution in [0.1, 0.15) is 23.8 Å². The summed E-state index contributed by atoms with van der Waals surface area (Å²) in [6.07, 6.45) is 2.38. The zero-order chi connectivity index (χ0) is 14.5. The molecular weight excluding hydrogens is 284 g/mol. The highest BCUT2D eigenvalue weighted by molar-refractivity contribution is 6.28. The molecule has 1 amide bonds. The van der Waals surface area contributed by atoms with Crippen LogP contribution in [0.2, 0.25) is 5.28 Å². The van der Waals surface area contributed by atoms with Crippen molar-refractivity contribution in [2.75, 3.05) is 13.7 Å². The van der Waals surface area contributed by atoms with Crippen LogP contribution in [0.15, 0.2) is 12.3 Å². The number of halogens is 1. The molecule has 0 unspecified atom stereocenters. The van der Waals surface area contributed by atoms with Crippen molar-refractivity contribution in [2.24, 2.45) is 0 Å². The third kappa shape index (κ3) is 3.21. The molecule has 0 bridgehead atoms. The molecule has 106 valence electrons. The molecule has 2 aromatic rings. The van der Waals surface area contributed by atoms with Gasteiger partial charge in [-0.25, -0.2) is 4.68 Å². The van der Waals surface area contributed by atoms with Gasteiger partial charge in [-0.2, -0.15) is 20.1 Å². The third-order valence-electron chi connectivity index (χ3n) is 2.26. The molecule has 8 nitrogen and oxygen atoms in total. The molecule has 0 saturated carbocycles. The van der Waals surface area contributed by atoms with E-state index < -0.39 is 0 Å². The average Bonchev–Trinajstić information content (AvgIpc) is 2.93. The van der Waals surface area contributed by atoms with Crippen molar-refractivity contribution in [2.45, 2.75) is 13.3 Å². The molecule has 0 spiro atoms. The summed E-state index contributed by atoms with van der Waals surface area (Å²) >= 11 is 5.81.